The quantitative estimate of drug-likeness (QED) is 0.656. The minimum absolute atomic E-state index is 0.0360. The summed E-state index contributed by atoms with van der Waals surface area (Å²) in [7, 11) is 0. The smallest absolute Gasteiger partial charge is 0.334 e. The van der Waals surface area contributed by atoms with Crippen molar-refractivity contribution in [2.24, 2.45) is 0 Å². The first-order chi connectivity index (χ1) is 7.74. The van der Waals surface area contributed by atoms with E-state index in [9.17, 15) is 9.59 Å². The monoisotopic (exact) mass is 223 g/mol. The van der Waals surface area contributed by atoms with Gasteiger partial charge in [-0.1, -0.05) is 30.3 Å². The lowest BCUT2D eigenvalue weighted by Crippen LogP contribution is -2.34. The Morgan fingerprint density at radius 1 is 1.44 bits per heavy atom. The van der Waals surface area contributed by atoms with Crippen molar-refractivity contribution in [2.75, 3.05) is 6.54 Å². The molecule has 5 heteroatoms. The van der Waals surface area contributed by atoms with Gasteiger partial charge in [0.15, 0.2) is 6.10 Å². The summed E-state index contributed by atoms with van der Waals surface area (Å²) >= 11 is 0. The van der Waals surface area contributed by atoms with Gasteiger partial charge in [0.1, 0.15) is 0 Å². The maximum absolute atomic E-state index is 10.7. The molecule has 0 radical (unpaired) electrons. The van der Waals surface area contributed by atoms with Gasteiger partial charge in [0.05, 0.1) is 13.2 Å². The molecule has 1 aromatic rings. The number of amides is 1. The van der Waals surface area contributed by atoms with Gasteiger partial charge >= 0.3 is 5.97 Å². The molecule has 0 saturated heterocycles. The van der Waals surface area contributed by atoms with Gasteiger partial charge in [-0.15, -0.1) is 0 Å². The number of benzene rings is 1. The zero-order valence-corrected chi connectivity index (χ0v) is 8.63. The Hall–Kier alpha value is -1.88. The average Bonchev–Trinajstić information content (AvgIpc) is 2.30. The topological polar surface area (TPSA) is 75.6 Å². The van der Waals surface area contributed by atoms with E-state index in [0.29, 0.717) is 6.41 Å². The first-order valence-electron chi connectivity index (χ1n) is 4.79. The highest BCUT2D eigenvalue weighted by atomic mass is 16.5. The highest BCUT2D eigenvalue weighted by Crippen LogP contribution is 2.03. The van der Waals surface area contributed by atoms with Crippen LogP contribution in [-0.2, 0) is 20.9 Å². The van der Waals surface area contributed by atoms with E-state index in [-0.39, 0.29) is 13.2 Å². The fourth-order valence-electron chi connectivity index (χ4n) is 1.14. The molecule has 1 atom stereocenters. The summed E-state index contributed by atoms with van der Waals surface area (Å²) in [6.07, 6.45) is -0.577. The molecular formula is C11H13NO4. The molecule has 0 bridgehead atoms. The number of carbonyl (C=O) groups excluding carboxylic acids is 1. The third kappa shape index (κ3) is 4.10. The standard InChI is InChI=1S/C11H13NO4/c13-8-12-6-10(11(14)15)16-7-9-4-2-1-3-5-9/h1-5,8,10H,6-7H2,(H,12,13)(H,14,15)/t10-/m0/s1. The number of carbonyl (C=O) groups is 2. The molecule has 0 spiro atoms. The number of hydrogen-bond acceptors (Lipinski definition) is 3. The number of carboxylic acids is 1. The van der Waals surface area contributed by atoms with Crippen molar-refractivity contribution in [1.82, 2.24) is 5.32 Å². The van der Waals surface area contributed by atoms with Crippen LogP contribution in [0.5, 0.6) is 0 Å². The minimum atomic E-state index is -1.09. The Kier molecular flexibility index (Phi) is 5.01. The van der Waals surface area contributed by atoms with Crippen molar-refractivity contribution in [3.8, 4) is 0 Å². The van der Waals surface area contributed by atoms with E-state index in [1.54, 1.807) is 0 Å². The Labute approximate surface area is 93.0 Å². The Morgan fingerprint density at radius 2 is 2.12 bits per heavy atom. The summed E-state index contributed by atoms with van der Waals surface area (Å²) in [5.74, 6) is -1.09. The molecule has 1 amide bonds. The van der Waals surface area contributed by atoms with E-state index in [2.05, 4.69) is 5.32 Å². The maximum atomic E-state index is 10.7. The zero-order valence-electron chi connectivity index (χ0n) is 8.63. The Bertz CT molecular complexity index is 339. The van der Waals surface area contributed by atoms with Crippen LogP contribution < -0.4 is 5.32 Å². The van der Waals surface area contributed by atoms with Gasteiger partial charge in [-0.2, -0.15) is 0 Å². The Morgan fingerprint density at radius 3 is 2.69 bits per heavy atom. The van der Waals surface area contributed by atoms with Crippen LogP contribution in [0.2, 0.25) is 0 Å². The molecule has 0 unspecified atom stereocenters. The minimum Gasteiger partial charge on any atom is -0.479 e. The lowest BCUT2D eigenvalue weighted by atomic mass is 10.2. The molecule has 0 aliphatic heterocycles. The molecule has 0 aliphatic carbocycles. The molecule has 2 N–H and O–H groups in total. The summed E-state index contributed by atoms with van der Waals surface area (Å²) in [5, 5.41) is 11.1. The first-order valence-corrected chi connectivity index (χ1v) is 4.79. The van der Waals surface area contributed by atoms with Crippen molar-refractivity contribution >= 4 is 12.4 Å². The van der Waals surface area contributed by atoms with Gasteiger partial charge in [0, 0.05) is 0 Å². The number of ether oxygens (including phenoxy) is 1. The van der Waals surface area contributed by atoms with E-state index >= 15 is 0 Å². The zero-order chi connectivity index (χ0) is 11.8. The van der Waals surface area contributed by atoms with Gasteiger partial charge in [-0.3, -0.25) is 4.79 Å². The molecule has 0 saturated carbocycles. The summed E-state index contributed by atoms with van der Waals surface area (Å²) in [6.45, 7) is 0.171. The molecule has 1 rings (SSSR count). The van der Waals surface area contributed by atoms with Crippen LogP contribution in [0.4, 0.5) is 0 Å². The molecule has 86 valence electrons. The molecule has 1 aromatic carbocycles. The normalized spacial score (nSPS) is 11.8. The van der Waals surface area contributed by atoms with Crippen LogP contribution in [-0.4, -0.2) is 30.1 Å². The predicted molar refractivity (Wildman–Crippen MR) is 56.7 cm³/mol. The average molecular weight is 223 g/mol. The molecule has 16 heavy (non-hydrogen) atoms. The van der Waals surface area contributed by atoms with Crippen molar-refractivity contribution in [2.45, 2.75) is 12.7 Å². The lowest BCUT2D eigenvalue weighted by Gasteiger charge is -2.12. The van der Waals surface area contributed by atoms with Crippen LogP contribution in [0.3, 0.4) is 0 Å². The summed E-state index contributed by atoms with van der Waals surface area (Å²) < 4.78 is 5.17. The van der Waals surface area contributed by atoms with E-state index < -0.39 is 12.1 Å². The van der Waals surface area contributed by atoms with Crippen molar-refractivity contribution in [3.05, 3.63) is 35.9 Å². The molecular weight excluding hydrogens is 210 g/mol. The largest absolute Gasteiger partial charge is 0.479 e. The van der Waals surface area contributed by atoms with Crippen LogP contribution in [0.25, 0.3) is 0 Å². The number of hydrogen-bond donors (Lipinski definition) is 2. The highest BCUT2D eigenvalue weighted by Gasteiger charge is 2.17. The lowest BCUT2D eigenvalue weighted by molar-refractivity contribution is -0.150. The van der Waals surface area contributed by atoms with Crippen LogP contribution in [0, 0.1) is 0 Å². The second-order valence-corrected chi connectivity index (χ2v) is 3.15. The van der Waals surface area contributed by atoms with Gasteiger partial charge < -0.3 is 15.2 Å². The summed E-state index contributed by atoms with van der Waals surface area (Å²) in [5.41, 5.74) is 0.889. The van der Waals surface area contributed by atoms with Crippen LogP contribution in [0.15, 0.2) is 30.3 Å². The van der Waals surface area contributed by atoms with E-state index in [4.69, 9.17) is 9.84 Å². The second kappa shape index (κ2) is 6.58. The first kappa shape index (κ1) is 12.2. The third-order valence-electron chi connectivity index (χ3n) is 1.96. The maximum Gasteiger partial charge on any atom is 0.334 e. The van der Waals surface area contributed by atoms with Crippen molar-refractivity contribution < 1.29 is 19.4 Å². The van der Waals surface area contributed by atoms with Crippen molar-refractivity contribution in [1.29, 1.82) is 0 Å². The molecule has 0 aromatic heterocycles. The van der Waals surface area contributed by atoms with Gasteiger partial charge in [-0.25, -0.2) is 4.79 Å². The fraction of sp³-hybridized carbons (Fsp3) is 0.273. The summed E-state index contributed by atoms with van der Waals surface area (Å²) in [4.78, 5) is 20.8. The van der Waals surface area contributed by atoms with E-state index in [1.165, 1.54) is 0 Å². The number of carboxylic acid groups (broad SMARTS) is 1. The summed E-state index contributed by atoms with van der Waals surface area (Å²) in [6, 6.07) is 9.24. The van der Waals surface area contributed by atoms with Crippen LogP contribution >= 0.6 is 0 Å². The predicted octanol–water partition coefficient (Wildman–Crippen LogP) is 0.402. The SMILES string of the molecule is O=CNC[C@H](OCc1ccccc1)C(=O)O. The fourth-order valence-corrected chi connectivity index (χ4v) is 1.14. The van der Waals surface area contributed by atoms with Crippen molar-refractivity contribution in [3.63, 3.8) is 0 Å². The van der Waals surface area contributed by atoms with E-state index in [0.717, 1.165) is 5.56 Å². The number of rotatable bonds is 7. The molecule has 0 fully saturated rings. The second-order valence-electron chi connectivity index (χ2n) is 3.15. The van der Waals surface area contributed by atoms with Gasteiger partial charge in [0.25, 0.3) is 0 Å². The number of aliphatic carboxylic acids is 1. The highest BCUT2D eigenvalue weighted by molar-refractivity contribution is 5.73. The molecule has 5 nitrogen and oxygen atoms in total. The van der Waals surface area contributed by atoms with E-state index in [1.807, 2.05) is 30.3 Å². The number of nitrogens with one attached hydrogen (secondary N) is 1. The molecule has 0 heterocycles. The van der Waals surface area contributed by atoms with Crippen LogP contribution in [0.1, 0.15) is 5.56 Å². The Balaban J connectivity index is 2.43. The van der Waals surface area contributed by atoms with Gasteiger partial charge in [0.2, 0.25) is 6.41 Å². The molecule has 0 aliphatic rings. The van der Waals surface area contributed by atoms with Gasteiger partial charge in [-0.05, 0) is 5.56 Å². The third-order valence-corrected chi connectivity index (χ3v) is 1.96.